The first-order chi connectivity index (χ1) is 69.3. The van der Waals surface area contributed by atoms with Gasteiger partial charge in [-0.1, -0.05) is 224 Å². The summed E-state index contributed by atoms with van der Waals surface area (Å²) in [6.07, 6.45) is 4.60. The third kappa shape index (κ3) is 27.0. The number of carbonyl (C=O) groups is 9. The van der Waals surface area contributed by atoms with Crippen LogP contribution in [0.4, 0.5) is 63.6 Å². The number of anilines is 10. The lowest BCUT2D eigenvalue weighted by Crippen LogP contribution is -2.15. The van der Waals surface area contributed by atoms with E-state index in [1.165, 1.54) is 68.3 Å². The summed E-state index contributed by atoms with van der Waals surface area (Å²) in [4.78, 5) is 132. The van der Waals surface area contributed by atoms with Crippen molar-refractivity contribution in [1.29, 1.82) is 0 Å². The Bertz CT molecular complexity index is 7490. The van der Waals surface area contributed by atoms with Crippen LogP contribution in [-0.2, 0) is 16.0 Å². The highest BCUT2D eigenvalue weighted by atomic mass is 19.1. The van der Waals surface area contributed by atoms with E-state index in [9.17, 15) is 47.5 Å². The Morgan fingerprint density at radius 1 is 0.310 bits per heavy atom. The van der Waals surface area contributed by atoms with Crippen molar-refractivity contribution in [3.05, 3.63) is 463 Å². The summed E-state index contributed by atoms with van der Waals surface area (Å²) in [6, 6.07) is 116. The minimum absolute atomic E-state index is 0.0202. The van der Waals surface area contributed by atoms with Crippen LogP contribution in [0, 0.1) is 5.82 Å². The smallest absolute Gasteiger partial charge is 0.293 e. The SMILES string of the molecule is CC(=O)Nc1nc(NC(=O)c2ccccc2)nn1-c1ccccc1.COc1ccc(C(=O)Nc2nc(NC(=O)c3ccc(F)cc3)nn2-c2ccccc2)cc1.O=C(/C=C/c1ccccc1)Nc1nc(CC(=O)c2ccccc2)nn1-c1ccccc1.O=C(Nc1nc(NC(=O)c2ccco2)n(-c2ccccc2)n1)c1ccccc1.O=C(Nc1nc(Nc2ccccc2)n(-c2ccccc2)n1)c1ccccc1. The van der Waals surface area contributed by atoms with Crippen molar-refractivity contribution in [2.24, 2.45) is 0 Å². The van der Waals surface area contributed by atoms with Crippen molar-refractivity contribution in [3.63, 3.8) is 0 Å². The van der Waals surface area contributed by atoms with Gasteiger partial charge in [0, 0.05) is 52.1 Å². The maximum absolute atomic E-state index is 13.1. The fraction of sp³-hybridized carbons (Fsp3) is 0.0283. The summed E-state index contributed by atoms with van der Waals surface area (Å²) in [5, 5.41) is 46.3. The Balaban J connectivity index is 0.000000134. The van der Waals surface area contributed by atoms with Gasteiger partial charge in [-0.3, -0.25) is 85.7 Å². The van der Waals surface area contributed by atoms with Crippen LogP contribution in [-0.4, -0.2) is 134 Å². The van der Waals surface area contributed by atoms with Gasteiger partial charge >= 0.3 is 0 Å². The van der Waals surface area contributed by atoms with Crippen molar-refractivity contribution in [1.82, 2.24) is 73.8 Å². The second-order valence-electron chi connectivity index (χ2n) is 30.0. The summed E-state index contributed by atoms with van der Waals surface area (Å²) < 4.78 is 30.8. The zero-order valence-electron chi connectivity index (χ0n) is 75.5. The first-order valence-electron chi connectivity index (χ1n) is 43.7. The highest BCUT2D eigenvalue weighted by molar-refractivity contribution is 6.08. The number of ether oxygens (including phenoxy) is 1. The molecule has 35 nitrogen and oxygen atoms in total. The molecular formula is C106H85FN24O11. The predicted molar refractivity (Wildman–Crippen MR) is 535 cm³/mol. The van der Waals surface area contributed by atoms with Crippen LogP contribution >= 0.6 is 0 Å². The van der Waals surface area contributed by atoms with Gasteiger partial charge in [-0.15, -0.1) is 25.5 Å². The Hall–Kier alpha value is -20.5. The number of halogens is 1. The Morgan fingerprint density at radius 3 is 0.993 bits per heavy atom. The number of hydrogen-bond donors (Lipinski definition) is 9. The van der Waals surface area contributed by atoms with Gasteiger partial charge in [0.25, 0.3) is 65.1 Å². The van der Waals surface area contributed by atoms with E-state index >= 15 is 0 Å². The molecule has 0 saturated carbocycles. The third-order valence-electron chi connectivity index (χ3n) is 19.9. The van der Waals surface area contributed by atoms with Crippen molar-refractivity contribution in [3.8, 4) is 34.2 Å². The van der Waals surface area contributed by atoms with E-state index in [0.29, 0.717) is 62.4 Å². The zero-order chi connectivity index (χ0) is 98.7. The molecule has 0 atom stereocenters. The number of nitrogens with zero attached hydrogens (tertiary/aromatic N) is 15. The molecule has 13 aromatic carbocycles. The molecule has 0 spiro atoms. The summed E-state index contributed by atoms with van der Waals surface area (Å²) in [5.74, 6) is -0.746. The lowest BCUT2D eigenvalue weighted by Gasteiger charge is -2.07. The molecule has 0 radical (unpaired) electrons. The van der Waals surface area contributed by atoms with Crippen LogP contribution in [0.15, 0.2) is 411 Å². The van der Waals surface area contributed by atoms with Gasteiger partial charge in [-0.25, -0.2) is 4.39 Å². The summed E-state index contributed by atoms with van der Waals surface area (Å²) >= 11 is 0. The summed E-state index contributed by atoms with van der Waals surface area (Å²) in [5.41, 5.74) is 8.12. The number of rotatable bonds is 27. The molecule has 0 saturated heterocycles. The Kier molecular flexibility index (Phi) is 32.5. The number of benzene rings is 13. The average molecular weight is 1890 g/mol. The molecule has 6 aromatic heterocycles. The first kappa shape index (κ1) is 96.1. The molecule has 19 rings (SSSR count). The van der Waals surface area contributed by atoms with E-state index in [-0.39, 0.29) is 101 Å². The lowest BCUT2D eigenvalue weighted by atomic mass is 10.1. The number of furan rings is 1. The monoisotopic (exact) mass is 1890 g/mol. The molecule has 0 aliphatic rings. The standard InChI is InChI=1S/C25H20N4O2.C23H18FN5O3.C21H17N5O.C20H15N5O3.C17H15N5O2/c30-22(20-12-6-2-7-13-20)18-23-26-25(29(28-23)21-14-8-3-9-15-21)27-24(31)17-16-19-10-4-1-5-11-19;1-32-19-13-9-16(10-14-19)21(31)26-23-27-22(28-29(23)18-5-3-2-4-6-18)25-20(30)15-7-11-17(24)12-8-15;27-19(16-10-4-1-5-11-16)23-20-24-21(22-17-12-6-2-7-13-17)26(25-20)18-14-8-3-9-15-18;26-17(14-8-3-1-4-9-14)21-19-23-20(22-18(27)16-12-7-13-28-16)25(24-19)15-10-5-2-6-11-15;1-12(23)18-17-20-16(19-15(24)13-8-4-2-5-9-13)21-22(17)14-10-6-3-7-11-14/h1-17H,18H2,(H,26,27,28,31);2-14H,1H3,(H2,25,26,27,28,30,31);1-15H,(H2,22,23,24,25,27);1-13H,(H2,21,22,23,24,26,27);2-11H,1H3,(H2,18,19,20,21,23,24)/b17-16+;;;;. The number of para-hydroxylation sites is 6. The van der Waals surface area contributed by atoms with Crippen LogP contribution in [0.3, 0.4) is 0 Å². The predicted octanol–water partition coefficient (Wildman–Crippen LogP) is 18.4. The minimum atomic E-state index is -0.511. The molecule has 6 heterocycles. The van der Waals surface area contributed by atoms with Crippen molar-refractivity contribution in [2.75, 3.05) is 55.0 Å². The zero-order valence-corrected chi connectivity index (χ0v) is 75.5. The van der Waals surface area contributed by atoms with Gasteiger partial charge in [0.05, 0.1) is 48.2 Å². The first-order valence-corrected chi connectivity index (χ1v) is 43.7. The second kappa shape index (κ2) is 47.9. The van der Waals surface area contributed by atoms with Crippen LogP contribution in [0.2, 0.25) is 0 Å². The molecule has 19 aromatic rings. The molecule has 0 aliphatic carbocycles. The number of ketones is 1. The Morgan fingerprint density at radius 2 is 0.620 bits per heavy atom. The van der Waals surface area contributed by atoms with Gasteiger partial charge in [0.2, 0.25) is 35.6 Å². The maximum atomic E-state index is 13.1. The van der Waals surface area contributed by atoms with Crippen LogP contribution in [0.25, 0.3) is 34.5 Å². The number of methoxy groups -OCH3 is 1. The molecule has 0 unspecified atom stereocenters. The largest absolute Gasteiger partial charge is 0.497 e. The third-order valence-corrected chi connectivity index (χ3v) is 19.9. The van der Waals surface area contributed by atoms with Crippen molar-refractivity contribution in [2.45, 2.75) is 13.3 Å². The number of carbonyl (C=O) groups excluding carboxylic acids is 9. The van der Waals surface area contributed by atoms with E-state index in [1.807, 2.05) is 237 Å². The van der Waals surface area contributed by atoms with E-state index in [4.69, 9.17) is 9.15 Å². The van der Waals surface area contributed by atoms with Gasteiger partial charge in [-0.05, 0) is 181 Å². The minimum Gasteiger partial charge on any atom is -0.497 e. The second-order valence-corrected chi connectivity index (χ2v) is 30.0. The van der Waals surface area contributed by atoms with Crippen LogP contribution in [0.1, 0.15) is 91.0 Å². The molecule has 142 heavy (non-hydrogen) atoms. The summed E-state index contributed by atoms with van der Waals surface area (Å²) in [6.45, 7) is 1.38. The van der Waals surface area contributed by atoms with Gasteiger partial charge in [0.15, 0.2) is 17.4 Å². The van der Waals surface area contributed by atoms with Gasteiger partial charge in [0.1, 0.15) is 11.6 Å². The molecule has 36 heteroatoms. The number of aromatic nitrogens is 15. The van der Waals surface area contributed by atoms with Crippen molar-refractivity contribution < 1.29 is 56.7 Å². The lowest BCUT2D eigenvalue weighted by molar-refractivity contribution is -0.114. The molecule has 9 N–H and O–H groups in total. The highest BCUT2D eigenvalue weighted by Crippen LogP contribution is 2.26. The number of hydrogen-bond acceptors (Lipinski definition) is 22. The fourth-order valence-corrected chi connectivity index (χ4v) is 13.2. The fourth-order valence-electron chi connectivity index (χ4n) is 13.2. The molecule has 0 fully saturated rings. The van der Waals surface area contributed by atoms with Gasteiger partial charge < -0.3 is 14.5 Å². The average Bonchev–Trinajstić information content (AvgIpc) is 1.70. The van der Waals surface area contributed by atoms with E-state index in [0.717, 1.165) is 22.6 Å². The summed E-state index contributed by atoms with van der Waals surface area (Å²) in [7, 11) is 1.54. The van der Waals surface area contributed by atoms with Crippen LogP contribution in [0.5, 0.6) is 5.75 Å². The van der Waals surface area contributed by atoms with E-state index < -0.39 is 23.5 Å². The van der Waals surface area contributed by atoms with E-state index in [2.05, 4.69) is 98.3 Å². The quantitative estimate of drug-likeness (QED) is 0.0170. The number of nitrogens with one attached hydrogen (secondary N) is 9. The topological polar surface area (TPSA) is 438 Å². The molecule has 8 amide bonds. The molecular weight excluding hydrogens is 1800 g/mol. The maximum Gasteiger partial charge on any atom is 0.293 e. The number of Topliss-reactive ketones (excluding diaryl/α,β-unsaturated/α-hetero) is 1. The highest BCUT2D eigenvalue weighted by Gasteiger charge is 2.25. The molecule has 702 valence electrons. The molecule has 0 bridgehead atoms. The van der Waals surface area contributed by atoms with Gasteiger partial charge in [-0.2, -0.15) is 48.3 Å². The normalized spacial score (nSPS) is 10.5. The number of amides is 8. The van der Waals surface area contributed by atoms with Crippen molar-refractivity contribution >= 4 is 118 Å². The molecule has 0 aliphatic heterocycles. The Labute approximate surface area is 810 Å². The van der Waals surface area contributed by atoms with Crippen LogP contribution < -0.4 is 52.6 Å². The van der Waals surface area contributed by atoms with E-state index in [1.54, 1.807) is 145 Å².